The summed E-state index contributed by atoms with van der Waals surface area (Å²) in [4.78, 5) is 24.1. The topological polar surface area (TPSA) is 77.7 Å². The van der Waals surface area contributed by atoms with E-state index in [0.29, 0.717) is 16.8 Å². The monoisotopic (exact) mass is 405 g/mol. The first kappa shape index (κ1) is 18.7. The lowest BCUT2D eigenvalue weighted by atomic mass is 10.2. The molecule has 144 valence electrons. The van der Waals surface area contributed by atoms with Crippen molar-refractivity contribution in [3.63, 3.8) is 0 Å². The van der Waals surface area contributed by atoms with Crippen LogP contribution >= 0.6 is 23.4 Å². The van der Waals surface area contributed by atoms with Gasteiger partial charge in [-0.3, -0.25) is 14.7 Å². The second-order valence-corrected chi connectivity index (χ2v) is 8.62. The lowest BCUT2D eigenvalue weighted by Crippen LogP contribution is -2.48. The fourth-order valence-electron chi connectivity index (χ4n) is 3.68. The molecule has 0 spiro atoms. The van der Waals surface area contributed by atoms with E-state index < -0.39 is 0 Å². The van der Waals surface area contributed by atoms with Gasteiger partial charge in [-0.25, -0.2) is 0 Å². The van der Waals surface area contributed by atoms with Gasteiger partial charge in [-0.2, -0.15) is 0 Å². The van der Waals surface area contributed by atoms with Crippen LogP contribution in [0.4, 0.5) is 5.69 Å². The van der Waals surface area contributed by atoms with E-state index in [9.17, 15) is 4.79 Å². The van der Waals surface area contributed by atoms with Crippen LogP contribution in [0.2, 0.25) is 5.02 Å². The summed E-state index contributed by atoms with van der Waals surface area (Å²) in [5, 5.41) is 2.72. The number of hydrogen-bond donors (Lipinski definition) is 2. The zero-order chi connectivity index (χ0) is 19.0. The van der Waals surface area contributed by atoms with Gasteiger partial charge in [-0.15, -0.1) is 11.8 Å². The predicted molar refractivity (Wildman–Crippen MR) is 114 cm³/mol. The number of aliphatic imine (C=N–C) groups is 1. The van der Waals surface area contributed by atoms with Crippen LogP contribution in [0.25, 0.3) is 10.9 Å². The van der Waals surface area contributed by atoms with Crippen LogP contribution in [0.15, 0.2) is 23.2 Å². The summed E-state index contributed by atoms with van der Waals surface area (Å²) in [6.07, 6.45) is 1.05. The zero-order valence-electron chi connectivity index (χ0n) is 15.4. The molecule has 8 heteroatoms. The highest BCUT2D eigenvalue weighted by Crippen LogP contribution is 2.30. The fourth-order valence-corrected chi connectivity index (χ4v) is 4.99. The van der Waals surface area contributed by atoms with Crippen molar-refractivity contribution in [2.75, 3.05) is 44.2 Å². The summed E-state index contributed by atoms with van der Waals surface area (Å²) in [6.45, 7) is 6.26. The van der Waals surface area contributed by atoms with Gasteiger partial charge in [0.1, 0.15) is 5.04 Å². The Morgan fingerprint density at radius 2 is 2.11 bits per heavy atom. The van der Waals surface area contributed by atoms with Crippen LogP contribution in [-0.2, 0) is 4.79 Å². The molecule has 1 atom stereocenters. The second-order valence-electron chi connectivity index (χ2n) is 7.18. The number of carbonyl (C=O) groups is 1. The molecule has 3 N–H and O–H groups in total. The Kier molecular flexibility index (Phi) is 5.34. The van der Waals surface area contributed by atoms with Crippen LogP contribution in [0.3, 0.4) is 0 Å². The largest absolute Gasteiger partial charge is 0.397 e. The number of fused-ring (bicyclic) bond motifs is 1. The Balaban J connectivity index is 1.36. The maximum absolute atomic E-state index is 11.4. The zero-order valence-corrected chi connectivity index (χ0v) is 16.9. The summed E-state index contributed by atoms with van der Waals surface area (Å²) < 4.78 is 0. The van der Waals surface area contributed by atoms with Crippen molar-refractivity contribution in [3.05, 3.63) is 28.9 Å². The SMILES string of the molecule is CC(=O)N1CCN(CC[C@H]2CSC(c3cc4cc(Cl)cc(N)c4[nH]3)=N2)CC1. The lowest BCUT2D eigenvalue weighted by molar-refractivity contribution is -0.130. The average Bonchev–Trinajstić information content (AvgIpc) is 3.27. The van der Waals surface area contributed by atoms with Crippen LogP contribution in [-0.4, -0.2) is 70.3 Å². The number of hydrogen-bond acceptors (Lipinski definition) is 5. The number of rotatable bonds is 4. The number of aromatic nitrogens is 1. The minimum Gasteiger partial charge on any atom is -0.397 e. The molecule has 0 unspecified atom stereocenters. The molecular weight excluding hydrogens is 382 g/mol. The first-order chi connectivity index (χ1) is 13.0. The molecule has 0 aliphatic carbocycles. The predicted octanol–water partition coefficient (Wildman–Crippen LogP) is 2.82. The number of nitrogens with zero attached hydrogens (tertiary/aromatic N) is 3. The smallest absolute Gasteiger partial charge is 0.219 e. The van der Waals surface area contributed by atoms with E-state index in [-0.39, 0.29) is 5.91 Å². The van der Waals surface area contributed by atoms with Crippen LogP contribution in [0.1, 0.15) is 19.0 Å². The average molecular weight is 406 g/mol. The fraction of sp³-hybridized carbons (Fsp3) is 0.474. The molecule has 27 heavy (non-hydrogen) atoms. The molecule has 0 bridgehead atoms. The highest BCUT2D eigenvalue weighted by Gasteiger charge is 2.23. The number of nitrogens with one attached hydrogen (secondary N) is 1. The number of piperazine rings is 1. The Bertz CT molecular complexity index is 888. The lowest BCUT2D eigenvalue weighted by Gasteiger charge is -2.34. The van der Waals surface area contributed by atoms with Crippen molar-refractivity contribution in [2.45, 2.75) is 19.4 Å². The molecule has 3 heterocycles. The van der Waals surface area contributed by atoms with Gasteiger partial charge in [0.05, 0.1) is 22.9 Å². The van der Waals surface area contributed by atoms with E-state index >= 15 is 0 Å². The summed E-state index contributed by atoms with van der Waals surface area (Å²) >= 11 is 7.90. The normalized spacial score (nSPS) is 21.0. The van der Waals surface area contributed by atoms with Gasteiger partial charge in [0.25, 0.3) is 0 Å². The van der Waals surface area contributed by atoms with E-state index in [1.54, 1.807) is 24.8 Å². The number of nitrogens with two attached hydrogens (primary N) is 1. The molecule has 1 saturated heterocycles. The Morgan fingerprint density at radius 1 is 1.33 bits per heavy atom. The summed E-state index contributed by atoms with van der Waals surface area (Å²) in [6, 6.07) is 6.10. The first-order valence-electron chi connectivity index (χ1n) is 9.26. The number of H-pyrrole nitrogens is 1. The van der Waals surface area contributed by atoms with Crippen LogP contribution < -0.4 is 5.73 Å². The summed E-state index contributed by atoms with van der Waals surface area (Å²) in [5.74, 6) is 1.19. The van der Waals surface area contributed by atoms with Crippen molar-refractivity contribution >= 4 is 50.9 Å². The molecule has 6 nitrogen and oxygen atoms in total. The van der Waals surface area contributed by atoms with Crippen LogP contribution in [0, 0.1) is 0 Å². The second kappa shape index (κ2) is 7.73. The van der Waals surface area contributed by atoms with Crippen molar-refractivity contribution in [3.8, 4) is 0 Å². The van der Waals surface area contributed by atoms with Gasteiger partial charge in [-0.1, -0.05) is 11.6 Å². The molecule has 2 aliphatic rings. The van der Waals surface area contributed by atoms with Gasteiger partial charge in [-0.05, 0) is 24.6 Å². The molecule has 1 aromatic heterocycles. The number of thioether (sulfide) groups is 1. The minimum atomic E-state index is 0.177. The van der Waals surface area contributed by atoms with Crippen molar-refractivity contribution < 1.29 is 4.79 Å². The minimum absolute atomic E-state index is 0.177. The highest BCUT2D eigenvalue weighted by atomic mass is 35.5. The van der Waals surface area contributed by atoms with Crippen molar-refractivity contribution in [2.24, 2.45) is 4.99 Å². The number of benzene rings is 1. The third-order valence-electron chi connectivity index (χ3n) is 5.26. The Hall–Kier alpha value is -1.70. The summed E-state index contributed by atoms with van der Waals surface area (Å²) in [5.41, 5.74) is 8.66. The van der Waals surface area contributed by atoms with Crippen LogP contribution in [0.5, 0.6) is 0 Å². The van der Waals surface area contributed by atoms with Gasteiger partial charge < -0.3 is 15.6 Å². The molecule has 1 amide bonds. The highest BCUT2D eigenvalue weighted by molar-refractivity contribution is 8.14. The molecule has 0 radical (unpaired) electrons. The van der Waals surface area contributed by atoms with Crippen molar-refractivity contribution in [1.82, 2.24) is 14.8 Å². The number of anilines is 1. The quantitative estimate of drug-likeness (QED) is 0.767. The van der Waals surface area contributed by atoms with E-state index in [4.69, 9.17) is 22.3 Å². The Morgan fingerprint density at radius 3 is 2.85 bits per heavy atom. The molecule has 2 aromatic rings. The number of carbonyl (C=O) groups excluding carboxylic acids is 1. The Labute approximate surface area is 168 Å². The van der Waals surface area contributed by atoms with Crippen molar-refractivity contribution in [1.29, 1.82) is 0 Å². The number of aromatic amines is 1. The third-order valence-corrected chi connectivity index (χ3v) is 6.63. The van der Waals surface area contributed by atoms with E-state index in [1.807, 2.05) is 11.0 Å². The molecule has 0 saturated carbocycles. The maximum atomic E-state index is 11.4. The number of nitrogen functional groups attached to an aromatic ring is 1. The molecule has 1 fully saturated rings. The summed E-state index contributed by atoms with van der Waals surface area (Å²) in [7, 11) is 0. The van der Waals surface area contributed by atoms with Gasteiger partial charge in [0.15, 0.2) is 0 Å². The van der Waals surface area contributed by atoms with Gasteiger partial charge in [0.2, 0.25) is 5.91 Å². The van der Waals surface area contributed by atoms with E-state index in [2.05, 4.69) is 16.0 Å². The third kappa shape index (κ3) is 4.10. The molecule has 1 aromatic carbocycles. The van der Waals surface area contributed by atoms with Gasteiger partial charge >= 0.3 is 0 Å². The number of halogens is 1. The first-order valence-corrected chi connectivity index (χ1v) is 10.6. The molecule has 4 rings (SSSR count). The van der Waals surface area contributed by atoms with E-state index in [0.717, 1.165) is 66.5 Å². The van der Waals surface area contributed by atoms with Gasteiger partial charge in [0, 0.05) is 55.8 Å². The van der Waals surface area contributed by atoms with E-state index in [1.165, 1.54) is 0 Å². The molecular formula is C19H24ClN5OS. The number of amides is 1. The maximum Gasteiger partial charge on any atom is 0.219 e. The standard InChI is InChI=1S/C19H24ClN5OS/c1-12(26)25-6-4-24(5-7-25)3-2-15-11-27-19(22-15)17-9-13-8-14(20)10-16(21)18(13)23-17/h8-10,15,23H,2-7,11,21H2,1H3/t15-/m0/s1. The molecule has 2 aliphatic heterocycles.